The molecule has 0 saturated carbocycles. The molecule has 0 N–H and O–H groups in total. The van der Waals surface area contributed by atoms with Gasteiger partial charge >= 0.3 is 17.9 Å². The minimum Gasteiger partial charge on any atom is -0.462 e. The predicted molar refractivity (Wildman–Crippen MR) is 275 cm³/mol. The van der Waals surface area contributed by atoms with Crippen molar-refractivity contribution < 1.29 is 28.6 Å². The lowest BCUT2D eigenvalue weighted by atomic mass is 10.0. The van der Waals surface area contributed by atoms with Crippen LogP contribution in [0, 0.1) is 0 Å². The molecule has 0 aromatic rings. The van der Waals surface area contributed by atoms with Gasteiger partial charge < -0.3 is 14.2 Å². The predicted octanol–water partition coefficient (Wildman–Crippen LogP) is 18.7. The van der Waals surface area contributed by atoms with E-state index in [1.54, 1.807) is 0 Å². The summed E-state index contributed by atoms with van der Waals surface area (Å²) in [5.74, 6) is -0.860. The van der Waals surface area contributed by atoms with Crippen LogP contribution in [-0.4, -0.2) is 37.2 Å². The number of allylic oxidation sites excluding steroid dienone is 4. The Balaban J connectivity index is 4.34. The van der Waals surface area contributed by atoms with Crippen molar-refractivity contribution in [3.05, 3.63) is 24.3 Å². The van der Waals surface area contributed by atoms with Gasteiger partial charge in [0.25, 0.3) is 0 Å². The lowest BCUT2D eigenvalue weighted by Crippen LogP contribution is -2.30. The van der Waals surface area contributed by atoms with Gasteiger partial charge in [0.1, 0.15) is 13.2 Å². The highest BCUT2D eigenvalue weighted by Gasteiger charge is 2.19. The van der Waals surface area contributed by atoms with Gasteiger partial charge in [-0.25, -0.2) is 0 Å². The Kier molecular flexibility index (Phi) is 51.7. The van der Waals surface area contributed by atoms with Crippen molar-refractivity contribution in [3.63, 3.8) is 0 Å². The van der Waals surface area contributed by atoms with Crippen LogP contribution in [0.2, 0.25) is 0 Å². The van der Waals surface area contributed by atoms with Gasteiger partial charge in [0.15, 0.2) is 6.10 Å². The summed E-state index contributed by atoms with van der Waals surface area (Å²) in [5.41, 5.74) is 0. The van der Waals surface area contributed by atoms with Gasteiger partial charge in [-0.1, -0.05) is 244 Å². The fourth-order valence-electron chi connectivity index (χ4n) is 8.37. The summed E-state index contributed by atoms with van der Waals surface area (Å²) < 4.78 is 16.9. The van der Waals surface area contributed by atoms with Gasteiger partial charge in [-0.05, 0) is 70.6 Å². The van der Waals surface area contributed by atoms with Crippen LogP contribution < -0.4 is 0 Å². The van der Waals surface area contributed by atoms with Crippen molar-refractivity contribution in [1.82, 2.24) is 0 Å². The van der Waals surface area contributed by atoms with Gasteiger partial charge in [0, 0.05) is 19.3 Å². The minimum absolute atomic E-state index is 0.0699. The van der Waals surface area contributed by atoms with Crippen molar-refractivity contribution in [2.75, 3.05) is 13.2 Å². The molecular formula is C58H108O6. The fraction of sp³-hybridized carbons (Fsp3) is 0.879. The summed E-state index contributed by atoms with van der Waals surface area (Å²) in [4.78, 5) is 38.1. The highest BCUT2D eigenvalue weighted by Crippen LogP contribution is 2.16. The molecule has 64 heavy (non-hydrogen) atoms. The van der Waals surface area contributed by atoms with Crippen molar-refractivity contribution in [2.24, 2.45) is 0 Å². The first-order valence-corrected chi connectivity index (χ1v) is 28.3. The number of carbonyl (C=O) groups is 3. The zero-order chi connectivity index (χ0) is 46.5. The van der Waals surface area contributed by atoms with E-state index in [-0.39, 0.29) is 31.1 Å². The maximum absolute atomic E-state index is 12.8. The van der Waals surface area contributed by atoms with E-state index in [1.807, 2.05) is 0 Å². The Bertz CT molecular complexity index is 1040. The van der Waals surface area contributed by atoms with E-state index in [0.717, 1.165) is 57.8 Å². The number of esters is 3. The van der Waals surface area contributed by atoms with Crippen LogP contribution in [0.3, 0.4) is 0 Å². The van der Waals surface area contributed by atoms with E-state index in [4.69, 9.17) is 14.2 Å². The van der Waals surface area contributed by atoms with Crippen LogP contribution in [0.25, 0.3) is 0 Å². The lowest BCUT2D eigenvalue weighted by molar-refractivity contribution is -0.167. The first-order valence-electron chi connectivity index (χ1n) is 28.3. The van der Waals surface area contributed by atoms with Crippen molar-refractivity contribution in [3.8, 4) is 0 Å². The van der Waals surface area contributed by atoms with Crippen molar-refractivity contribution in [1.29, 1.82) is 0 Å². The van der Waals surface area contributed by atoms with Crippen LogP contribution in [0.5, 0.6) is 0 Å². The third-order valence-electron chi connectivity index (χ3n) is 12.7. The van der Waals surface area contributed by atoms with E-state index in [9.17, 15) is 14.4 Å². The van der Waals surface area contributed by atoms with Crippen LogP contribution >= 0.6 is 0 Å². The number of unbranched alkanes of at least 4 members (excludes halogenated alkanes) is 37. The van der Waals surface area contributed by atoms with E-state index in [2.05, 4.69) is 45.1 Å². The van der Waals surface area contributed by atoms with Crippen molar-refractivity contribution >= 4 is 17.9 Å². The van der Waals surface area contributed by atoms with Crippen LogP contribution in [0.4, 0.5) is 0 Å². The molecule has 0 fully saturated rings. The monoisotopic (exact) mass is 901 g/mol. The minimum atomic E-state index is -0.771. The Morgan fingerprint density at radius 1 is 0.297 bits per heavy atom. The van der Waals surface area contributed by atoms with Gasteiger partial charge in [-0.15, -0.1) is 0 Å². The molecule has 1 unspecified atom stereocenters. The number of hydrogen-bond acceptors (Lipinski definition) is 6. The maximum atomic E-state index is 12.8. The summed E-state index contributed by atoms with van der Waals surface area (Å²) in [7, 11) is 0. The molecule has 6 heteroatoms. The Morgan fingerprint density at radius 3 is 0.797 bits per heavy atom. The summed E-state index contributed by atoms with van der Waals surface area (Å²) in [6.45, 7) is 6.65. The molecule has 0 amide bonds. The standard InChI is InChI=1S/C58H108O6/c1-4-7-10-13-16-19-22-25-28-31-33-36-39-42-45-48-51-57(60)63-54-55(64-58(61)52-49-46-43-40-37-34-30-27-24-21-18-15-12-9-6-3)53-62-56(59)50-47-44-41-38-35-32-29-26-23-20-17-14-11-8-5-2/h20-21,23-24,55H,4-19,22,25-54H2,1-3H3/b23-20-,24-21-. The second-order valence-corrected chi connectivity index (χ2v) is 19.2. The zero-order valence-corrected chi connectivity index (χ0v) is 43.1. The van der Waals surface area contributed by atoms with Gasteiger partial charge in [0.05, 0.1) is 0 Å². The second kappa shape index (κ2) is 53.5. The molecule has 0 rings (SSSR count). The zero-order valence-electron chi connectivity index (χ0n) is 43.1. The molecule has 0 aliphatic heterocycles. The average Bonchev–Trinajstić information content (AvgIpc) is 3.29. The molecule has 0 aromatic carbocycles. The number of carbonyl (C=O) groups excluding carboxylic acids is 3. The number of rotatable bonds is 52. The first kappa shape index (κ1) is 61.9. The Hall–Kier alpha value is -2.11. The van der Waals surface area contributed by atoms with E-state index in [1.165, 1.54) is 212 Å². The third kappa shape index (κ3) is 50.9. The molecule has 0 aromatic heterocycles. The second-order valence-electron chi connectivity index (χ2n) is 19.2. The Morgan fingerprint density at radius 2 is 0.516 bits per heavy atom. The van der Waals surface area contributed by atoms with Gasteiger partial charge in [-0.3, -0.25) is 14.4 Å². The topological polar surface area (TPSA) is 78.9 Å². The molecule has 1 atom stereocenters. The normalized spacial score (nSPS) is 12.1. The average molecular weight is 901 g/mol. The van der Waals surface area contributed by atoms with E-state index in [0.29, 0.717) is 19.3 Å². The largest absolute Gasteiger partial charge is 0.462 e. The van der Waals surface area contributed by atoms with Gasteiger partial charge in [0.2, 0.25) is 0 Å². The van der Waals surface area contributed by atoms with Crippen LogP contribution in [0.15, 0.2) is 24.3 Å². The van der Waals surface area contributed by atoms with E-state index >= 15 is 0 Å². The molecule has 0 radical (unpaired) electrons. The molecule has 0 saturated heterocycles. The van der Waals surface area contributed by atoms with Crippen LogP contribution in [-0.2, 0) is 28.6 Å². The SMILES string of the molecule is CCCCCC/C=C\CCCCCCCCCC(=O)OCC(COC(=O)CCCCCCCCCCCCCCCCCC)OC(=O)CCCCCCCCC/C=C\CCCCCC. The first-order chi connectivity index (χ1) is 31.5. The number of ether oxygens (including phenoxy) is 3. The highest BCUT2D eigenvalue weighted by atomic mass is 16.6. The van der Waals surface area contributed by atoms with E-state index < -0.39 is 6.10 Å². The van der Waals surface area contributed by atoms with Gasteiger partial charge in [-0.2, -0.15) is 0 Å². The fourth-order valence-corrected chi connectivity index (χ4v) is 8.37. The molecule has 6 nitrogen and oxygen atoms in total. The smallest absolute Gasteiger partial charge is 0.306 e. The molecule has 0 aliphatic carbocycles. The summed E-state index contributed by atoms with van der Waals surface area (Å²) in [6.07, 6.45) is 61.6. The molecule has 0 spiro atoms. The van der Waals surface area contributed by atoms with Crippen molar-refractivity contribution in [2.45, 2.75) is 316 Å². The summed E-state index contributed by atoms with van der Waals surface area (Å²) >= 11 is 0. The van der Waals surface area contributed by atoms with Crippen LogP contribution in [0.1, 0.15) is 310 Å². The molecule has 0 aliphatic rings. The molecule has 376 valence electrons. The molecule has 0 heterocycles. The maximum Gasteiger partial charge on any atom is 0.306 e. The number of hydrogen-bond donors (Lipinski definition) is 0. The lowest BCUT2D eigenvalue weighted by Gasteiger charge is -2.18. The molecular weight excluding hydrogens is 793 g/mol. The highest BCUT2D eigenvalue weighted by molar-refractivity contribution is 5.71. The molecule has 0 bridgehead atoms. The Labute approximate surface area is 398 Å². The summed E-state index contributed by atoms with van der Waals surface area (Å²) in [6, 6.07) is 0. The third-order valence-corrected chi connectivity index (χ3v) is 12.7. The quantitative estimate of drug-likeness (QED) is 0.0262. The summed E-state index contributed by atoms with van der Waals surface area (Å²) in [5, 5.41) is 0.